The van der Waals surface area contributed by atoms with E-state index in [4.69, 9.17) is 0 Å². The van der Waals surface area contributed by atoms with Gasteiger partial charge in [-0.05, 0) is 19.8 Å². The van der Waals surface area contributed by atoms with E-state index in [1.807, 2.05) is 5.38 Å². The highest BCUT2D eigenvalue weighted by molar-refractivity contribution is 7.15. The number of hydrogen-bond donors (Lipinski definition) is 1. The van der Waals surface area contributed by atoms with Gasteiger partial charge in [0.1, 0.15) is 0 Å². The number of carboxylic acids is 1. The summed E-state index contributed by atoms with van der Waals surface area (Å²) in [4.78, 5) is 18.7. The van der Waals surface area contributed by atoms with Crippen LogP contribution in [0.5, 0.6) is 0 Å². The molecule has 0 saturated carbocycles. The molecule has 1 fully saturated rings. The standard InChI is InChI=1S/C11H13N3O2S/c1-7-3-2-4-13(7)9-8(10(15)16)14-5-6-17-11(14)12-9/h5-7H,2-4H2,1H3,(H,15,16). The van der Waals surface area contributed by atoms with Gasteiger partial charge in [0.15, 0.2) is 16.5 Å². The van der Waals surface area contributed by atoms with Crippen LogP contribution in [0, 0.1) is 0 Å². The number of rotatable bonds is 2. The summed E-state index contributed by atoms with van der Waals surface area (Å²) in [6, 6.07) is 0.373. The molecular weight excluding hydrogens is 238 g/mol. The summed E-state index contributed by atoms with van der Waals surface area (Å²) in [6.07, 6.45) is 3.97. The Kier molecular flexibility index (Phi) is 2.32. The molecule has 1 N–H and O–H groups in total. The fourth-order valence-corrected chi connectivity index (χ4v) is 3.13. The molecule has 17 heavy (non-hydrogen) atoms. The van der Waals surface area contributed by atoms with E-state index < -0.39 is 5.97 Å². The van der Waals surface area contributed by atoms with Gasteiger partial charge in [-0.25, -0.2) is 9.78 Å². The zero-order valence-corrected chi connectivity index (χ0v) is 10.3. The first kappa shape index (κ1) is 10.6. The van der Waals surface area contributed by atoms with Gasteiger partial charge in [0, 0.05) is 24.2 Å². The minimum Gasteiger partial charge on any atom is -0.476 e. The van der Waals surface area contributed by atoms with Crippen molar-refractivity contribution in [2.45, 2.75) is 25.8 Å². The van der Waals surface area contributed by atoms with Crippen molar-refractivity contribution >= 4 is 28.1 Å². The first-order valence-electron chi connectivity index (χ1n) is 5.64. The van der Waals surface area contributed by atoms with Crippen LogP contribution in [0.1, 0.15) is 30.3 Å². The highest BCUT2D eigenvalue weighted by Gasteiger charge is 2.29. The number of fused-ring (bicyclic) bond motifs is 1. The largest absolute Gasteiger partial charge is 0.476 e. The van der Waals surface area contributed by atoms with Crippen LogP contribution in [-0.2, 0) is 0 Å². The molecule has 1 unspecified atom stereocenters. The maximum atomic E-state index is 11.4. The quantitative estimate of drug-likeness (QED) is 0.887. The normalized spacial score (nSPS) is 20.3. The lowest BCUT2D eigenvalue weighted by atomic mass is 10.2. The highest BCUT2D eigenvalue weighted by Crippen LogP contribution is 2.30. The lowest BCUT2D eigenvalue weighted by molar-refractivity contribution is 0.0690. The maximum absolute atomic E-state index is 11.4. The van der Waals surface area contributed by atoms with Crippen molar-refractivity contribution in [3.63, 3.8) is 0 Å². The maximum Gasteiger partial charge on any atom is 0.356 e. The Hall–Kier alpha value is -1.56. The van der Waals surface area contributed by atoms with Gasteiger partial charge in [-0.3, -0.25) is 4.40 Å². The van der Waals surface area contributed by atoms with Crippen molar-refractivity contribution in [2.24, 2.45) is 0 Å². The lowest BCUT2D eigenvalue weighted by Crippen LogP contribution is -2.28. The second kappa shape index (κ2) is 3.73. The third kappa shape index (κ3) is 1.51. The van der Waals surface area contributed by atoms with Crippen molar-refractivity contribution in [2.75, 3.05) is 11.4 Å². The van der Waals surface area contributed by atoms with Crippen LogP contribution in [-0.4, -0.2) is 33.0 Å². The third-order valence-corrected chi connectivity index (χ3v) is 4.03. The predicted octanol–water partition coefficient (Wildman–Crippen LogP) is 2.08. The summed E-state index contributed by atoms with van der Waals surface area (Å²) in [5.74, 6) is -0.292. The van der Waals surface area contributed by atoms with Gasteiger partial charge in [0.05, 0.1) is 0 Å². The summed E-state index contributed by atoms with van der Waals surface area (Å²) < 4.78 is 1.66. The molecule has 0 spiro atoms. The zero-order valence-electron chi connectivity index (χ0n) is 9.46. The summed E-state index contributed by atoms with van der Waals surface area (Å²) in [7, 11) is 0. The SMILES string of the molecule is CC1CCCN1c1nc2sccn2c1C(=O)O. The average molecular weight is 251 g/mol. The van der Waals surface area contributed by atoms with Crippen LogP contribution in [0.4, 0.5) is 5.82 Å². The summed E-state index contributed by atoms with van der Waals surface area (Å²) in [5, 5.41) is 11.2. The van der Waals surface area contributed by atoms with Gasteiger partial charge in [0.2, 0.25) is 0 Å². The van der Waals surface area contributed by atoms with Crippen LogP contribution in [0.2, 0.25) is 0 Å². The molecule has 2 aromatic heterocycles. The van der Waals surface area contributed by atoms with E-state index in [9.17, 15) is 9.90 Å². The molecule has 3 heterocycles. The number of carboxylic acid groups (broad SMARTS) is 1. The smallest absolute Gasteiger partial charge is 0.356 e. The number of anilines is 1. The minimum absolute atomic E-state index is 0.287. The van der Waals surface area contributed by atoms with Crippen molar-refractivity contribution < 1.29 is 9.90 Å². The molecule has 1 saturated heterocycles. The molecule has 1 atom stereocenters. The molecule has 1 aliphatic rings. The molecule has 1 aliphatic heterocycles. The Labute approximate surface area is 102 Å². The number of carbonyl (C=O) groups is 1. The lowest BCUT2D eigenvalue weighted by Gasteiger charge is -2.21. The summed E-state index contributed by atoms with van der Waals surface area (Å²) in [6.45, 7) is 3.01. The van der Waals surface area contributed by atoms with Crippen molar-refractivity contribution in [3.05, 3.63) is 17.3 Å². The number of hydrogen-bond acceptors (Lipinski definition) is 4. The van der Waals surface area contributed by atoms with Crippen LogP contribution in [0.15, 0.2) is 11.6 Å². The fraction of sp³-hybridized carbons (Fsp3) is 0.455. The Morgan fingerprint density at radius 3 is 3.12 bits per heavy atom. The zero-order chi connectivity index (χ0) is 12.0. The van der Waals surface area contributed by atoms with Gasteiger partial charge in [-0.2, -0.15) is 0 Å². The number of aromatic carboxylic acids is 1. The van der Waals surface area contributed by atoms with E-state index in [-0.39, 0.29) is 5.69 Å². The molecule has 0 radical (unpaired) electrons. The molecule has 2 aromatic rings. The van der Waals surface area contributed by atoms with E-state index in [2.05, 4.69) is 16.8 Å². The Morgan fingerprint density at radius 2 is 2.47 bits per heavy atom. The van der Waals surface area contributed by atoms with Gasteiger partial charge in [0.25, 0.3) is 0 Å². The van der Waals surface area contributed by atoms with Gasteiger partial charge in [-0.1, -0.05) is 0 Å². The van der Waals surface area contributed by atoms with Gasteiger partial charge in [-0.15, -0.1) is 11.3 Å². The monoisotopic (exact) mass is 251 g/mol. The summed E-state index contributed by atoms with van der Waals surface area (Å²) >= 11 is 1.46. The molecule has 90 valence electrons. The number of imidazole rings is 1. The topological polar surface area (TPSA) is 57.8 Å². The molecule has 3 rings (SSSR count). The Balaban J connectivity index is 2.17. The van der Waals surface area contributed by atoms with Crippen molar-refractivity contribution in [1.82, 2.24) is 9.38 Å². The van der Waals surface area contributed by atoms with E-state index in [0.717, 1.165) is 24.3 Å². The highest BCUT2D eigenvalue weighted by atomic mass is 32.1. The van der Waals surface area contributed by atoms with Gasteiger partial charge >= 0.3 is 5.97 Å². The van der Waals surface area contributed by atoms with Crippen LogP contribution >= 0.6 is 11.3 Å². The molecular formula is C11H13N3O2S. The van der Waals surface area contributed by atoms with E-state index >= 15 is 0 Å². The molecule has 0 aliphatic carbocycles. The van der Waals surface area contributed by atoms with Crippen molar-refractivity contribution in [3.8, 4) is 0 Å². The first-order chi connectivity index (χ1) is 8.18. The third-order valence-electron chi connectivity index (χ3n) is 3.27. The molecule has 0 aromatic carbocycles. The average Bonchev–Trinajstić information content (AvgIpc) is 2.89. The van der Waals surface area contributed by atoms with Crippen LogP contribution < -0.4 is 4.90 Å². The van der Waals surface area contributed by atoms with E-state index in [1.54, 1.807) is 10.6 Å². The molecule has 0 amide bonds. The molecule has 0 bridgehead atoms. The Morgan fingerprint density at radius 1 is 1.65 bits per heavy atom. The second-order valence-corrected chi connectivity index (χ2v) is 5.20. The molecule has 6 heteroatoms. The predicted molar refractivity (Wildman–Crippen MR) is 66.1 cm³/mol. The Bertz CT molecular complexity index is 574. The number of thiazole rings is 1. The van der Waals surface area contributed by atoms with E-state index in [0.29, 0.717) is 11.9 Å². The second-order valence-electron chi connectivity index (χ2n) is 4.33. The number of nitrogens with zero attached hydrogens (tertiary/aromatic N) is 3. The number of aromatic nitrogens is 2. The van der Waals surface area contributed by atoms with E-state index in [1.165, 1.54) is 11.3 Å². The van der Waals surface area contributed by atoms with Gasteiger partial charge < -0.3 is 10.0 Å². The first-order valence-corrected chi connectivity index (χ1v) is 6.52. The fourth-order valence-electron chi connectivity index (χ4n) is 2.42. The summed E-state index contributed by atoms with van der Waals surface area (Å²) in [5.41, 5.74) is 0.287. The van der Waals surface area contributed by atoms with Crippen molar-refractivity contribution in [1.29, 1.82) is 0 Å². The van der Waals surface area contributed by atoms with Crippen LogP contribution in [0.3, 0.4) is 0 Å². The minimum atomic E-state index is -0.912. The van der Waals surface area contributed by atoms with Crippen LogP contribution in [0.25, 0.3) is 4.96 Å². The molecule has 5 nitrogen and oxygen atoms in total.